The number of nitrogen functional groups attached to an aromatic ring is 1. The van der Waals surface area contributed by atoms with E-state index in [-0.39, 0.29) is 11.6 Å². The molecular formula is C32H44N5O12P. The highest BCUT2D eigenvalue weighted by Gasteiger charge is 2.59. The first-order valence-corrected chi connectivity index (χ1v) is 17.4. The Labute approximate surface area is 289 Å². The van der Waals surface area contributed by atoms with E-state index in [1.807, 2.05) is 0 Å². The van der Waals surface area contributed by atoms with Gasteiger partial charge in [0.05, 0.1) is 18.4 Å². The van der Waals surface area contributed by atoms with Crippen LogP contribution in [-0.4, -0.2) is 95.5 Å². The molecule has 0 amide bonds. The SMILES string of the molecule is CO[C@@H](C)C(=O)O[C@H]1[C@H](c2ccc3c(N)ncnn23)O[C@](C)(CO[P@@](=O)(N[C@@H](C)C(=O)OC(C)C)Oc2ccccc2)[C@H]1OC(=O)[C@H](C)OC. The summed E-state index contributed by atoms with van der Waals surface area (Å²) in [7, 11) is -1.78. The summed E-state index contributed by atoms with van der Waals surface area (Å²) in [5.41, 5.74) is 5.17. The smallest absolute Gasteiger partial charge is 0.459 e. The fourth-order valence-electron chi connectivity index (χ4n) is 4.97. The topological polar surface area (TPSA) is 210 Å². The molecule has 0 radical (unpaired) electrons. The Hall–Kier alpha value is -4.12. The van der Waals surface area contributed by atoms with Gasteiger partial charge in [-0.3, -0.25) is 9.32 Å². The lowest BCUT2D eigenvalue weighted by Crippen LogP contribution is -2.50. The molecule has 1 fully saturated rings. The number of nitrogens with zero attached hydrogens (tertiary/aromatic N) is 3. The van der Waals surface area contributed by atoms with Crippen LogP contribution < -0.4 is 15.3 Å². The summed E-state index contributed by atoms with van der Waals surface area (Å²) in [6.45, 7) is 8.68. The first kappa shape index (κ1) is 38.7. The predicted molar refractivity (Wildman–Crippen MR) is 177 cm³/mol. The van der Waals surface area contributed by atoms with E-state index in [0.717, 1.165) is 0 Å². The van der Waals surface area contributed by atoms with E-state index in [1.165, 1.54) is 52.8 Å². The van der Waals surface area contributed by atoms with Gasteiger partial charge in [0.15, 0.2) is 30.2 Å². The van der Waals surface area contributed by atoms with E-state index in [2.05, 4.69) is 15.2 Å². The fourth-order valence-corrected chi connectivity index (χ4v) is 6.56. The first-order valence-electron chi connectivity index (χ1n) is 15.8. The molecule has 3 aromatic rings. The zero-order chi connectivity index (χ0) is 36.8. The molecule has 50 heavy (non-hydrogen) atoms. The number of anilines is 1. The van der Waals surface area contributed by atoms with Crippen molar-refractivity contribution in [2.75, 3.05) is 26.6 Å². The number of nitrogens with two attached hydrogens (primary N) is 1. The minimum atomic E-state index is -4.43. The third kappa shape index (κ3) is 8.96. The Balaban J connectivity index is 1.77. The predicted octanol–water partition coefficient (Wildman–Crippen LogP) is 3.17. The molecular weight excluding hydrogens is 677 g/mol. The normalized spacial score (nSPS) is 23.5. The number of rotatable bonds is 16. The molecule has 0 aliphatic carbocycles. The van der Waals surface area contributed by atoms with Crippen molar-refractivity contribution in [3.8, 4) is 5.75 Å². The second-order valence-corrected chi connectivity index (χ2v) is 13.8. The van der Waals surface area contributed by atoms with E-state index in [9.17, 15) is 18.9 Å². The molecule has 1 saturated heterocycles. The van der Waals surface area contributed by atoms with Crippen molar-refractivity contribution in [1.82, 2.24) is 19.7 Å². The highest BCUT2D eigenvalue weighted by molar-refractivity contribution is 7.52. The molecule has 8 atom stereocenters. The van der Waals surface area contributed by atoms with Crippen molar-refractivity contribution < 1.29 is 56.4 Å². The molecule has 3 N–H and O–H groups in total. The molecule has 0 bridgehead atoms. The van der Waals surface area contributed by atoms with Crippen LogP contribution in [0.5, 0.6) is 5.75 Å². The van der Waals surface area contributed by atoms with Crippen molar-refractivity contribution in [1.29, 1.82) is 0 Å². The first-order chi connectivity index (χ1) is 23.6. The zero-order valence-corrected chi connectivity index (χ0v) is 30.0. The van der Waals surface area contributed by atoms with Crippen LogP contribution >= 0.6 is 7.75 Å². The number of methoxy groups -OCH3 is 2. The maximum Gasteiger partial charge on any atom is 0.459 e. The number of aromatic nitrogens is 3. The Morgan fingerprint density at radius 3 is 2.24 bits per heavy atom. The number of para-hydroxylation sites is 1. The number of benzene rings is 1. The number of nitrogens with one attached hydrogen (secondary N) is 1. The summed E-state index contributed by atoms with van der Waals surface area (Å²) >= 11 is 0. The minimum Gasteiger partial charge on any atom is -0.462 e. The molecule has 18 heteroatoms. The van der Waals surface area contributed by atoms with Gasteiger partial charge in [0.2, 0.25) is 0 Å². The van der Waals surface area contributed by atoms with Crippen molar-refractivity contribution >= 4 is 37.0 Å². The molecule has 1 aliphatic rings. The quantitative estimate of drug-likeness (QED) is 0.124. The van der Waals surface area contributed by atoms with E-state index >= 15 is 0 Å². The summed E-state index contributed by atoms with van der Waals surface area (Å²) < 4.78 is 61.7. The second-order valence-electron chi connectivity index (χ2n) is 12.1. The Morgan fingerprint density at radius 1 is 0.980 bits per heavy atom. The molecule has 1 aliphatic heterocycles. The number of carbonyl (C=O) groups excluding carboxylic acids is 3. The molecule has 2 aromatic heterocycles. The average Bonchev–Trinajstić information content (AvgIpc) is 3.62. The van der Waals surface area contributed by atoms with Crippen molar-refractivity contribution in [2.24, 2.45) is 0 Å². The lowest BCUT2D eigenvalue weighted by molar-refractivity contribution is -0.182. The van der Waals surface area contributed by atoms with Gasteiger partial charge in [-0.2, -0.15) is 10.2 Å². The van der Waals surface area contributed by atoms with Gasteiger partial charge in [-0.05, 0) is 65.8 Å². The summed E-state index contributed by atoms with van der Waals surface area (Å²) in [5, 5.41) is 6.91. The number of carbonyl (C=O) groups is 3. The highest BCUT2D eigenvalue weighted by Crippen LogP contribution is 2.50. The monoisotopic (exact) mass is 721 g/mol. The number of hydrogen-bond acceptors (Lipinski definition) is 15. The average molecular weight is 722 g/mol. The van der Waals surface area contributed by atoms with Crippen molar-refractivity contribution in [3.05, 3.63) is 54.5 Å². The van der Waals surface area contributed by atoms with Crippen LogP contribution in [0.25, 0.3) is 5.52 Å². The summed E-state index contributed by atoms with van der Waals surface area (Å²) in [4.78, 5) is 43.2. The Morgan fingerprint density at radius 2 is 1.62 bits per heavy atom. The number of ether oxygens (including phenoxy) is 6. The lowest BCUT2D eigenvalue weighted by atomic mass is 9.96. The zero-order valence-electron chi connectivity index (χ0n) is 29.1. The third-order valence-electron chi connectivity index (χ3n) is 7.81. The van der Waals surface area contributed by atoms with Gasteiger partial charge in [0.1, 0.15) is 35.3 Å². The van der Waals surface area contributed by atoms with Gasteiger partial charge in [-0.1, -0.05) is 18.2 Å². The number of fused-ring (bicyclic) bond motifs is 1. The molecule has 0 unspecified atom stereocenters. The van der Waals surface area contributed by atoms with Crippen LogP contribution in [0.2, 0.25) is 0 Å². The van der Waals surface area contributed by atoms with Gasteiger partial charge < -0.3 is 38.7 Å². The summed E-state index contributed by atoms with van der Waals surface area (Å²) in [5.74, 6) is -1.97. The van der Waals surface area contributed by atoms with Crippen LogP contribution in [0, 0.1) is 0 Å². The summed E-state index contributed by atoms with van der Waals surface area (Å²) in [6.07, 6.45) is -5.14. The third-order valence-corrected chi connectivity index (χ3v) is 9.43. The molecule has 17 nitrogen and oxygen atoms in total. The van der Waals surface area contributed by atoms with E-state index in [1.54, 1.807) is 56.3 Å². The molecule has 3 heterocycles. The van der Waals surface area contributed by atoms with E-state index < -0.39 is 80.5 Å². The Bertz CT molecular complexity index is 1690. The van der Waals surface area contributed by atoms with Crippen LogP contribution in [0.3, 0.4) is 0 Å². The minimum absolute atomic E-state index is 0.164. The van der Waals surface area contributed by atoms with Gasteiger partial charge >= 0.3 is 25.7 Å². The number of hydrogen-bond donors (Lipinski definition) is 2. The van der Waals surface area contributed by atoms with Crippen LogP contribution in [0.15, 0.2) is 48.8 Å². The molecule has 4 rings (SSSR count). The Kier molecular flexibility index (Phi) is 12.6. The molecule has 1 aromatic carbocycles. The van der Waals surface area contributed by atoms with Crippen LogP contribution in [0.4, 0.5) is 5.82 Å². The largest absolute Gasteiger partial charge is 0.462 e. The fraction of sp³-hybridized carbons (Fsp3) is 0.531. The maximum absolute atomic E-state index is 14.4. The highest BCUT2D eigenvalue weighted by atomic mass is 31.2. The van der Waals surface area contributed by atoms with Crippen molar-refractivity contribution in [3.63, 3.8) is 0 Å². The van der Waals surface area contributed by atoms with Gasteiger partial charge in [-0.25, -0.2) is 23.7 Å². The van der Waals surface area contributed by atoms with E-state index in [0.29, 0.717) is 11.2 Å². The van der Waals surface area contributed by atoms with E-state index in [4.69, 9.17) is 43.2 Å². The maximum atomic E-state index is 14.4. The van der Waals surface area contributed by atoms with Crippen LogP contribution in [0.1, 0.15) is 53.3 Å². The van der Waals surface area contributed by atoms with Gasteiger partial charge in [-0.15, -0.1) is 0 Å². The van der Waals surface area contributed by atoms with Crippen LogP contribution in [-0.2, 0) is 51.9 Å². The van der Waals surface area contributed by atoms with Gasteiger partial charge in [0.25, 0.3) is 0 Å². The number of esters is 3. The molecule has 0 spiro atoms. The molecule has 274 valence electrons. The molecule has 0 saturated carbocycles. The van der Waals surface area contributed by atoms with Gasteiger partial charge in [0, 0.05) is 14.2 Å². The lowest BCUT2D eigenvalue weighted by Gasteiger charge is -2.33. The van der Waals surface area contributed by atoms with Crippen molar-refractivity contribution in [2.45, 2.75) is 89.8 Å². The summed E-state index contributed by atoms with van der Waals surface area (Å²) in [6, 6.07) is 10.3. The standard InChI is InChI=1S/C32H44N5O12P/c1-18(2)45-29(38)19(3)36-50(41,49-22-12-10-9-11-13-22)44-16-32(6)27(47-31(40)21(5)43-8)26(46-30(39)20(4)42-7)25(48-32)23-14-15-24-28(33)34-17-35-37(23)24/h9-15,17-21,25-27H,16H2,1-8H3,(H,36,41)(H2,33,34,35)/t19-,20-,21-,25-,26-,27-,32+,50-/m0/s1. The second kappa shape index (κ2) is 16.3.